The van der Waals surface area contributed by atoms with Gasteiger partial charge < -0.3 is 15.5 Å². The lowest BCUT2D eigenvalue weighted by Crippen LogP contribution is -2.46. The first kappa shape index (κ1) is 18.2. The van der Waals surface area contributed by atoms with E-state index in [4.69, 9.17) is 17.3 Å². The second-order valence-corrected chi connectivity index (χ2v) is 10.7. The van der Waals surface area contributed by atoms with Crippen LogP contribution in [-0.4, -0.2) is 42.1 Å². The van der Waals surface area contributed by atoms with Crippen LogP contribution in [0, 0.1) is 11.8 Å². The van der Waals surface area contributed by atoms with Gasteiger partial charge >= 0.3 is 0 Å². The maximum absolute atomic E-state index is 6.15. The number of nitrogens with two attached hydrogens (primary N) is 1. The third-order valence-corrected chi connectivity index (χ3v) is 8.87. The zero-order chi connectivity index (χ0) is 18.4. The minimum absolute atomic E-state index is 0.656. The molecule has 1 aliphatic carbocycles. The lowest BCUT2D eigenvalue weighted by Gasteiger charge is -2.41. The van der Waals surface area contributed by atoms with Crippen molar-refractivity contribution in [2.75, 3.05) is 36.8 Å². The van der Waals surface area contributed by atoms with Gasteiger partial charge in [-0.25, -0.2) is 4.98 Å². The molecule has 2 aromatic rings. The maximum Gasteiger partial charge on any atom is 0.182 e. The summed E-state index contributed by atoms with van der Waals surface area (Å²) in [4.78, 5) is 11.1. The van der Waals surface area contributed by atoms with Gasteiger partial charge in [-0.15, -0.1) is 11.3 Å². The Morgan fingerprint density at radius 2 is 1.89 bits per heavy atom. The highest BCUT2D eigenvalue weighted by Gasteiger charge is 2.40. The zero-order valence-electron chi connectivity index (χ0n) is 15.6. The molecule has 5 rings (SSSR count). The molecule has 0 spiro atoms. The Balaban J connectivity index is 1.33. The summed E-state index contributed by atoms with van der Waals surface area (Å²) >= 11 is 9.44. The molecule has 27 heavy (non-hydrogen) atoms. The molecule has 2 atom stereocenters. The van der Waals surface area contributed by atoms with E-state index >= 15 is 0 Å². The molecule has 146 valence electrons. The lowest BCUT2D eigenvalue weighted by molar-refractivity contribution is 0.0831. The van der Waals surface area contributed by atoms with Gasteiger partial charge in [-0.3, -0.25) is 0 Å². The molecule has 0 bridgehead atoms. The molecular weight excluding hydrogens is 396 g/mol. The second-order valence-electron chi connectivity index (χ2n) is 8.34. The lowest BCUT2D eigenvalue weighted by atomic mass is 9.85. The Morgan fingerprint density at radius 3 is 2.67 bits per heavy atom. The number of halogens is 1. The molecule has 2 N–H and O–H groups in total. The standard InChI is InChI=1S/C20H27ClN4S2/c21-15-8-17(26-12-15)18-19(27-20(22)23-18)25-9-13-6-7-24(10-14(13)11-25)16-4-2-1-3-5-16/h8,12-14,16H,1-7,9-11H2,(H2,22,23). The third kappa shape index (κ3) is 3.61. The van der Waals surface area contributed by atoms with Crippen molar-refractivity contribution in [3.8, 4) is 10.6 Å². The van der Waals surface area contributed by atoms with Crippen LogP contribution in [0.15, 0.2) is 11.4 Å². The van der Waals surface area contributed by atoms with Crippen molar-refractivity contribution < 1.29 is 0 Å². The molecule has 4 nitrogen and oxygen atoms in total. The van der Waals surface area contributed by atoms with E-state index in [0.717, 1.165) is 46.6 Å². The normalized spacial score (nSPS) is 27.2. The number of rotatable bonds is 3. The molecule has 2 unspecified atom stereocenters. The van der Waals surface area contributed by atoms with Gasteiger partial charge in [-0.05, 0) is 43.7 Å². The fourth-order valence-electron chi connectivity index (χ4n) is 5.28. The molecule has 2 aromatic heterocycles. The number of nitrogens with zero attached hydrogens (tertiary/aromatic N) is 3. The quantitative estimate of drug-likeness (QED) is 0.738. The van der Waals surface area contributed by atoms with E-state index in [2.05, 4.69) is 14.8 Å². The number of likely N-dealkylation sites (tertiary alicyclic amines) is 1. The Bertz CT molecular complexity index is 798. The number of fused-ring (bicyclic) bond motifs is 1. The number of anilines is 2. The van der Waals surface area contributed by atoms with E-state index in [1.165, 1.54) is 56.6 Å². The minimum Gasteiger partial charge on any atom is -0.375 e. The van der Waals surface area contributed by atoms with E-state index in [9.17, 15) is 0 Å². The molecule has 0 aromatic carbocycles. The summed E-state index contributed by atoms with van der Waals surface area (Å²) in [5, 5.41) is 4.65. The topological polar surface area (TPSA) is 45.4 Å². The van der Waals surface area contributed by atoms with Gasteiger partial charge in [0.1, 0.15) is 10.7 Å². The number of piperidine rings is 1. The van der Waals surface area contributed by atoms with Crippen molar-refractivity contribution in [2.24, 2.45) is 11.8 Å². The molecular formula is C20H27ClN4S2. The average molecular weight is 423 g/mol. The average Bonchev–Trinajstić information content (AvgIpc) is 3.39. The third-order valence-electron chi connectivity index (χ3n) is 6.64. The van der Waals surface area contributed by atoms with E-state index in [1.807, 2.05) is 11.4 Å². The summed E-state index contributed by atoms with van der Waals surface area (Å²) in [6.45, 7) is 4.86. The van der Waals surface area contributed by atoms with Crippen molar-refractivity contribution in [3.63, 3.8) is 0 Å². The highest BCUT2D eigenvalue weighted by atomic mass is 35.5. The zero-order valence-corrected chi connectivity index (χ0v) is 18.0. The van der Waals surface area contributed by atoms with Crippen molar-refractivity contribution >= 4 is 44.4 Å². The van der Waals surface area contributed by atoms with Gasteiger partial charge in [-0.1, -0.05) is 42.2 Å². The summed E-state index contributed by atoms with van der Waals surface area (Å²) in [7, 11) is 0. The van der Waals surface area contributed by atoms with E-state index < -0.39 is 0 Å². The number of hydrogen-bond acceptors (Lipinski definition) is 6. The Morgan fingerprint density at radius 1 is 1.07 bits per heavy atom. The maximum atomic E-state index is 6.15. The molecule has 3 fully saturated rings. The highest BCUT2D eigenvalue weighted by molar-refractivity contribution is 7.20. The van der Waals surface area contributed by atoms with E-state index in [0.29, 0.717) is 5.13 Å². The van der Waals surface area contributed by atoms with Gasteiger partial charge in [0.05, 0.1) is 9.90 Å². The molecule has 2 aliphatic heterocycles. The largest absolute Gasteiger partial charge is 0.375 e. The Hall–Kier alpha value is -0.820. The Labute approximate surface area is 174 Å². The van der Waals surface area contributed by atoms with Crippen molar-refractivity contribution in [3.05, 3.63) is 16.5 Å². The van der Waals surface area contributed by atoms with Crippen LogP contribution in [-0.2, 0) is 0 Å². The number of nitrogen functional groups attached to an aromatic ring is 1. The van der Waals surface area contributed by atoms with Crippen LogP contribution < -0.4 is 10.6 Å². The number of hydrogen-bond donors (Lipinski definition) is 1. The smallest absolute Gasteiger partial charge is 0.182 e. The van der Waals surface area contributed by atoms with Gasteiger partial charge in [0.15, 0.2) is 5.13 Å². The highest BCUT2D eigenvalue weighted by Crippen LogP contribution is 2.44. The fraction of sp³-hybridized carbons (Fsp3) is 0.650. The van der Waals surface area contributed by atoms with Crippen molar-refractivity contribution in [1.29, 1.82) is 0 Å². The number of aromatic nitrogens is 1. The van der Waals surface area contributed by atoms with Gasteiger partial charge in [0, 0.05) is 31.1 Å². The first-order valence-corrected chi connectivity index (χ1v) is 12.2. The second kappa shape index (κ2) is 7.54. The summed E-state index contributed by atoms with van der Waals surface area (Å²) in [6.07, 6.45) is 8.45. The van der Waals surface area contributed by atoms with Crippen LogP contribution in [0.25, 0.3) is 10.6 Å². The summed E-state index contributed by atoms with van der Waals surface area (Å²) in [5.41, 5.74) is 7.13. The molecule has 4 heterocycles. The van der Waals surface area contributed by atoms with Crippen LogP contribution in [0.4, 0.5) is 10.1 Å². The summed E-state index contributed by atoms with van der Waals surface area (Å²) < 4.78 is 0. The predicted molar refractivity (Wildman–Crippen MR) is 117 cm³/mol. The van der Waals surface area contributed by atoms with E-state index in [1.54, 1.807) is 22.7 Å². The molecule has 1 saturated carbocycles. The number of thiazole rings is 1. The molecule has 0 radical (unpaired) electrons. The van der Waals surface area contributed by atoms with Crippen LogP contribution in [0.2, 0.25) is 5.02 Å². The van der Waals surface area contributed by atoms with Crippen LogP contribution in [0.5, 0.6) is 0 Å². The monoisotopic (exact) mass is 422 g/mol. The fourth-order valence-corrected chi connectivity index (χ4v) is 7.27. The molecule has 7 heteroatoms. The van der Waals surface area contributed by atoms with Crippen molar-refractivity contribution in [1.82, 2.24) is 9.88 Å². The minimum atomic E-state index is 0.656. The first-order valence-electron chi connectivity index (χ1n) is 10.2. The molecule has 2 saturated heterocycles. The van der Waals surface area contributed by atoms with E-state index in [-0.39, 0.29) is 0 Å². The number of thiophene rings is 1. The van der Waals surface area contributed by atoms with Crippen LogP contribution in [0.1, 0.15) is 38.5 Å². The first-order chi connectivity index (χ1) is 13.2. The van der Waals surface area contributed by atoms with Crippen LogP contribution >= 0.6 is 34.3 Å². The van der Waals surface area contributed by atoms with Gasteiger partial charge in [-0.2, -0.15) is 0 Å². The Kier molecular flexibility index (Phi) is 5.09. The summed E-state index contributed by atoms with van der Waals surface area (Å²) in [6, 6.07) is 2.86. The van der Waals surface area contributed by atoms with Gasteiger partial charge in [0.25, 0.3) is 0 Å². The SMILES string of the molecule is Nc1nc(-c2cc(Cl)cs2)c(N2CC3CCN(C4CCCCC4)CC3C2)s1. The van der Waals surface area contributed by atoms with Crippen LogP contribution in [0.3, 0.4) is 0 Å². The summed E-state index contributed by atoms with van der Waals surface area (Å²) in [5.74, 6) is 1.59. The molecule has 3 aliphatic rings. The van der Waals surface area contributed by atoms with Crippen molar-refractivity contribution in [2.45, 2.75) is 44.6 Å². The molecule has 0 amide bonds. The predicted octanol–water partition coefficient (Wildman–Crippen LogP) is 5.20. The van der Waals surface area contributed by atoms with Gasteiger partial charge in [0.2, 0.25) is 0 Å².